The Morgan fingerprint density at radius 1 is 1.30 bits per heavy atom. The van der Waals surface area contributed by atoms with Crippen LogP contribution in [0.25, 0.3) is 5.69 Å². The van der Waals surface area contributed by atoms with Gasteiger partial charge < -0.3 is 14.6 Å². The molecule has 1 N–H and O–H groups in total. The van der Waals surface area contributed by atoms with Gasteiger partial charge in [-0.3, -0.25) is 4.79 Å². The molecule has 3 rings (SSSR count). The number of hydrogen-bond donors (Lipinski definition) is 1. The Balaban J connectivity index is 1.69. The molecule has 122 valence electrons. The van der Waals surface area contributed by atoms with Crippen LogP contribution in [0.15, 0.2) is 36.4 Å². The number of hydrogen-bond acceptors (Lipinski definition) is 3. The second-order valence-electron chi connectivity index (χ2n) is 6.14. The van der Waals surface area contributed by atoms with Crippen molar-refractivity contribution in [3.8, 4) is 5.69 Å². The highest BCUT2D eigenvalue weighted by molar-refractivity contribution is 5.99. The van der Waals surface area contributed by atoms with Crippen LogP contribution in [-0.2, 0) is 4.74 Å². The molecule has 0 saturated carbocycles. The normalized spacial score (nSPS) is 17.6. The molecule has 1 fully saturated rings. The zero-order valence-corrected chi connectivity index (χ0v) is 13.8. The van der Waals surface area contributed by atoms with Gasteiger partial charge in [0, 0.05) is 35.8 Å². The molecule has 4 nitrogen and oxygen atoms in total. The number of nitrogens with one attached hydrogen (secondary N) is 1. The fourth-order valence-corrected chi connectivity index (χ4v) is 3.27. The van der Waals surface area contributed by atoms with E-state index >= 15 is 0 Å². The van der Waals surface area contributed by atoms with E-state index in [1.165, 1.54) is 0 Å². The van der Waals surface area contributed by atoms with E-state index in [1.807, 2.05) is 38.1 Å². The number of aryl methyl sites for hydroxylation is 1. The van der Waals surface area contributed by atoms with E-state index in [2.05, 4.69) is 22.0 Å². The first-order valence-electron chi connectivity index (χ1n) is 8.26. The molecule has 0 bridgehead atoms. The van der Waals surface area contributed by atoms with Crippen LogP contribution in [0.3, 0.4) is 0 Å². The quantitative estimate of drug-likeness (QED) is 0.834. The average molecular weight is 312 g/mol. The maximum absolute atomic E-state index is 12.5. The number of carbonyl (C=O) groups excluding carboxylic acids is 1. The molecule has 1 aromatic heterocycles. The second kappa shape index (κ2) is 7.11. The van der Waals surface area contributed by atoms with Gasteiger partial charge >= 0.3 is 0 Å². The number of nitrogens with zero attached hydrogens (tertiary/aromatic N) is 1. The molecule has 0 radical (unpaired) electrons. The molecule has 1 aromatic carbocycles. The van der Waals surface area contributed by atoms with Crippen LogP contribution in [0.1, 0.15) is 34.6 Å². The fourth-order valence-electron chi connectivity index (χ4n) is 3.27. The third-order valence-corrected chi connectivity index (χ3v) is 4.43. The fraction of sp³-hybridized carbons (Fsp3) is 0.421. The lowest BCUT2D eigenvalue weighted by Gasteiger charge is -2.11. The van der Waals surface area contributed by atoms with Gasteiger partial charge in [-0.05, 0) is 44.9 Å². The average Bonchev–Trinajstić information content (AvgIpc) is 3.16. The molecule has 1 saturated heterocycles. The lowest BCUT2D eigenvalue weighted by Crippen LogP contribution is -2.31. The number of para-hydroxylation sites is 1. The Morgan fingerprint density at radius 2 is 2.09 bits per heavy atom. The highest BCUT2D eigenvalue weighted by Gasteiger charge is 2.18. The van der Waals surface area contributed by atoms with Gasteiger partial charge in [-0.1, -0.05) is 18.2 Å². The first kappa shape index (κ1) is 16.0. The summed E-state index contributed by atoms with van der Waals surface area (Å²) in [7, 11) is 0. The Bertz CT molecular complexity index is 670. The first-order chi connectivity index (χ1) is 11.2. The monoisotopic (exact) mass is 312 g/mol. The summed E-state index contributed by atoms with van der Waals surface area (Å²) in [4.78, 5) is 12.5. The van der Waals surface area contributed by atoms with Crippen molar-refractivity contribution in [2.75, 3.05) is 19.7 Å². The van der Waals surface area contributed by atoms with E-state index in [4.69, 9.17) is 4.74 Å². The predicted molar refractivity (Wildman–Crippen MR) is 91.4 cm³/mol. The van der Waals surface area contributed by atoms with E-state index in [1.54, 1.807) is 0 Å². The Labute approximate surface area is 137 Å². The molecule has 0 aliphatic carbocycles. The molecule has 1 aliphatic heterocycles. The first-order valence-corrected chi connectivity index (χ1v) is 8.26. The Morgan fingerprint density at radius 3 is 2.78 bits per heavy atom. The van der Waals surface area contributed by atoms with Crippen LogP contribution < -0.4 is 5.32 Å². The lowest BCUT2D eigenvalue weighted by atomic mass is 10.1. The van der Waals surface area contributed by atoms with E-state index in [-0.39, 0.29) is 11.9 Å². The van der Waals surface area contributed by atoms with Gasteiger partial charge in [0.2, 0.25) is 0 Å². The summed E-state index contributed by atoms with van der Waals surface area (Å²) in [6, 6.07) is 12.1. The summed E-state index contributed by atoms with van der Waals surface area (Å²) < 4.78 is 7.70. The van der Waals surface area contributed by atoms with Gasteiger partial charge in [0.1, 0.15) is 0 Å². The van der Waals surface area contributed by atoms with Crippen LogP contribution in [0, 0.1) is 13.8 Å². The Hall–Kier alpha value is -1.91. The van der Waals surface area contributed by atoms with Gasteiger partial charge in [0.25, 0.3) is 0 Å². The van der Waals surface area contributed by atoms with Crippen molar-refractivity contribution in [2.45, 2.75) is 32.8 Å². The third kappa shape index (κ3) is 3.54. The predicted octanol–water partition coefficient (Wildman–Crippen LogP) is 3.05. The highest BCUT2D eigenvalue weighted by Crippen LogP contribution is 2.21. The largest absolute Gasteiger partial charge is 0.377 e. The van der Waals surface area contributed by atoms with Gasteiger partial charge in [-0.25, -0.2) is 0 Å². The SMILES string of the molecule is Cc1cc(C(=O)CNCC2CCCO2)c(C)n1-c1ccccc1. The smallest absolute Gasteiger partial charge is 0.178 e. The number of rotatable bonds is 6. The van der Waals surface area contributed by atoms with Crippen LogP contribution in [-0.4, -0.2) is 36.2 Å². The van der Waals surface area contributed by atoms with Crippen molar-refractivity contribution in [3.63, 3.8) is 0 Å². The number of ketones is 1. The second-order valence-corrected chi connectivity index (χ2v) is 6.14. The Kier molecular flexibility index (Phi) is 4.94. The zero-order chi connectivity index (χ0) is 16.2. The van der Waals surface area contributed by atoms with Crippen molar-refractivity contribution in [3.05, 3.63) is 53.3 Å². The van der Waals surface area contributed by atoms with Crippen LogP contribution in [0.2, 0.25) is 0 Å². The maximum atomic E-state index is 12.5. The van der Waals surface area contributed by atoms with Crippen molar-refractivity contribution in [2.24, 2.45) is 0 Å². The standard InChI is InChI=1S/C19H24N2O2/c1-14-11-18(15(2)21(14)16-7-4-3-5-8-16)19(22)13-20-12-17-9-6-10-23-17/h3-5,7-8,11,17,20H,6,9-10,12-13H2,1-2H3. The summed E-state index contributed by atoms with van der Waals surface area (Å²) in [5, 5.41) is 3.24. The van der Waals surface area contributed by atoms with Crippen molar-refractivity contribution < 1.29 is 9.53 Å². The highest BCUT2D eigenvalue weighted by atomic mass is 16.5. The minimum atomic E-state index is 0.137. The molecule has 1 atom stereocenters. The minimum absolute atomic E-state index is 0.137. The van der Waals surface area contributed by atoms with Gasteiger partial charge in [0.05, 0.1) is 12.6 Å². The van der Waals surface area contributed by atoms with Crippen LogP contribution in [0.5, 0.6) is 0 Å². The van der Waals surface area contributed by atoms with Gasteiger partial charge in [-0.15, -0.1) is 0 Å². The van der Waals surface area contributed by atoms with Crippen LogP contribution in [0.4, 0.5) is 0 Å². The van der Waals surface area contributed by atoms with Gasteiger partial charge in [0.15, 0.2) is 5.78 Å². The number of ether oxygens (including phenoxy) is 1. The molecule has 2 heterocycles. The molecule has 23 heavy (non-hydrogen) atoms. The van der Waals surface area contributed by atoms with E-state index in [0.717, 1.165) is 48.6 Å². The maximum Gasteiger partial charge on any atom is 0.178 e. The molecule has 0 amide bonds. The molecular formula is C19H24N2O2. The zero-order valence-electron chi connectivity index (χ0n) is 13.8. The van der Waals surface area contributed by atoms with E-state index in [9.17, 15) is 4.79 Å². The van der Waals surface area contributed by atoms with Crippen molar-refractivity contribution >= 4 is 5.78 Å². The number of aromatic nitrogens is 1. The molecular weight excluding hydrogens is 288 g/mol. The molecule has 4 heteroatoms. The number of carbonyl (C=O) groups is 1. The van der Waals surface area contributed by atoms with E-state index < -0.39 is 0 Å². The topological polar surface area (TPSA) is 43.3 Å². The molecule has 1 unspecified atom stereocenters. The summed E-state index contributed by atoms with van der Waals surface area (Å²) in [5.41, 5.74) is 3.97. The molecule has 2 aromatic rings. The molecule has 0 spiro atoms. The third-order valence-electron chi connectivity index (χ3n) is 4.43. The van der Waals surface area contributed by atoms with Crippen molar-refractivity contribution in [1.82, 2.24) is 9.88 Å². The summed E-state index contributed by atoms with van der Waals surface area (Å²) >= 11 is 0. The lowest BCUT2D eigenvalue weighted by molar-refractivity contribution is 0.0955. The summed E-state index contributed by atoms with van der Waals surface area (Å²) in [6.07, 6.45) is 2.47. The van der Waals surface area contributed by atoms with Crippen LogP contribution >= 0.6 is 0 Å². The minimum Gasteiger partial charge on any atom is -0.377 e. The van der Waals surface area contributed by atoms with Gasteiger partial charge in [-0.2, -0.15) is 0 Å². The summed E-state index contributed by atoms with van der Waals surface area (Å²) in [6.45, 7) is 6.00. The summed E-state index contributed by atoms with van der Waals surface area (Å²) in [5.74, 6) is 0.137. The number of Topliss-reactive ketones (excluding diaryl/α,β-unsaturated/α-hetero) is 1. The number of benzene rings is 1. The van der Waals surface area contributed by atoms with Crippen molar-refractivity contribution in [1.29, 1.82) is 0 Å². The molecule has 1 aliphatic rings. The van der Waals surface area contributed by atoms with E-state index in [0.29, 0.717) is 6.54 Å².